The van der Waals surface area contributed by atoms with E-state index in [1.165, 1.54) is 0 Å². The fraction of sp³-hybridized carbons (Fsp3) is 0.571. The lowest BCUT2D eigenvalue weighted by Crippen LogP contribution is -2.05. The Morgan fingerprint density at radius 3 is 2.40 bits per heavy atom. The van der Waals surface area contributed by atoms with E-state index >= 15 is 0 Å². The van der Waals surface area contributed by atoms with E-state index in [0.29, 0.717) is 32.4 Å². The molecule has 1 aromatic carbocycles. The molecule has 0 saturated carbocycles. The van der Waals surface area contributed by atoms with E-state index in [-0.39, 0.29) is 0 Å². The normalized spacial score (nSPS) is 11.6. The minimum atomic E-state index is -2.95. The summed E-state index contributed by atoms with van der Waals surface area (Å²) in [7, 11) is -2.95. The van der Waals surface area contributed by atoms with Crippen LogP contribution in [0.15, 0.2) is 24.3 Å². The largest absolute Gasteiger partial charge is 0.493 e. The highest BCUT2D eigenvalue weighted by Crippen LogP contribution is 2.48. The van der Waals surface area contributed by atoms with Crippen LogP contribution in [0.25, 0.3) is 0 Å². The Hall–Kier alpha value is -0.350. The average molecular weight is 365 g/mol. The van der Waals surface area contributed by atoms with Gasteiger partial charge in [0.2, 0.25) is 0 Å². The molecule has 114 valence electrons. The van der Waals surface area contributed by atoms with Crippen LogP contribution < -0.4 is 4.74 Å². The first-order valence-electron chi connectivity index (χ1n) is 6.80. The predicted molar refractivity (Wildman–Crippen MR) is 84.9 cm³/mol. The molecule has 1 aromatic rings. The molecule has 0 aliphatic carbocycles. The van der Waals surface area contributed by atoms with E-state index in [2.05, 4.69) is 15.9 Å². The molecule has 0 radical (unpaired) electrons. The van der Waals surface area contributed by atoms with Crippen molar-refractivity contribution < 1.29 is 18.3 Å². The van der Waals surface area contributed by atoms with Crippen LogP contribution in [0.1, 0.15) is 25.8 Å². The zero-order valence-electron chi connectivity index (χ0n) is 12.0. The number of hydrogen-bond donors (Lipinski definition) is 0. The van der Waals surface area contributed by atoms with E-state index < -0.39 is 7.60 Å². The molecule has 0 amide bonds. The highest BCUT2D eigenvalue weighted by molar-refractivity contribution is 9.08. The number of para-hydroxylation sites is 1. The Kier molecular flexibility index (Phi) is 8.46. The fourth-order valence-corrected chi connectivity index (χ4v) is 3.85. The topological polar surface area (TPSA) is 44.8 Å². The molecule has 0 aromatic heterocycles. The molecule has 0 fully saturated rings. The molecule has 0 atom stereocenters. The van der Waals surface area contributed by atoms with Crippen molar-refractivity contribution in [2.45, 2.75) is 25.6 Å². The molecule has 0 bridgehead atoms. The maximum Gasteiger partial charge on any atom is 0.330 e. The third-order valence-electron chi connectivity index (χ3n) is 2.60. The molecule has 4 nitrogen and oxygen atoms in total. The van der Waals surface area contributed by atoms with Crippen molar-refractivity contribution in [3.8, 4) is 5.75 Å². The number of halogens is 1. The molecule has 6 heteroatoms. The standard InChI is InChI=1S/C14H22BrO4P/c1-3-18-20(16,19-4-2)11-7-10-17-14-9-6-5-8-13(14)12-15/h5-6,8-9H,3-4,7,10-12H2,1-2H3. The van der Waals surface area contributed by atoms with Crippen LogP contribution in [0.5, 0.6) is 5.75 Å². The zero-order valence-corrected chi connectivity index (χ0v) is 14.5. The summed E-state index contributed by atoms with van der Waals surface area (Å²) in [6, 6.07) is 7.85. The summed E-state index contributed by atoms with van der Waals surface area (Å²) in [6.45, 7) is 4.91. The molecular formula is C14H22BrO4P. The van der Waals surface area contributed by atoms with Crippen LogP contribution in [0.4, 0.5) is 0 Å². The highest BCUT2D eigenvalue weighted by atomic mass is 79.9. The van der Waals surface area contributed by atoms with Gasteiger partial charge in [0.05, 0.1) is 26.0 Å². The van der Waals surface area contributed by atoms with E-state index in [0.717, 1.165) is 16.6 Å². The van der Waals surface area contributed by atoms with Gasteiger partial charge in [0.1, 0.15) is 5.75 Å². The Balaban J connectivity index is 2.42. The Labute approximate surface area is 129 Å². The van der Waals surface area contributed by atoms with Crippen molar-refractivity contribution in [2.75, 3.05) is 26.0 Å². The maximum atomic E-state index is 12.2. The second kappa shape index (κ2) is 9.56. The van der Waals surface area contributed by atoms with Crippen LogP contribution in [-0.2, 0) is 18.9 Å². The van der Waals surface area contributed by atoms with Crippen molar-refractivity contribution in [1.29, 1.82) is 0 Å². The summed E-state index contributed by atoms with van der Waals surface area (Å²) in [5.41, 5.74) is 1.10. The van der Waals surface area contributed by atoms with Gasteiger partial charge in [-0.05, 0) is 26.3 Å². The minimum absolute atomic E-state index is 0.380. The Morgan fingerprint density at radius 1 is 1.15 bits per heavy atom. The monoisotopic (exact) mass is 364 g/mol. The van der Waals surface area contributed by atoms with Gasteiger partial charge in [0.15, 0.2) is 0 Å². The average Bonchev–Trinajstić information content (AvgIpc) is 2.44. The lowest BCUT2D eigenvalue weighted by molar-refractivity contribution is 0.216. The smallest absolute Gasteiger partial charge is 0.330 e. The number of rotatable bonds is 10. The minimum Gasteiger partial charge on any atom is -0.493 e. The third-order valence-corrected chi connectivity index (χ3v) is 5.37. The first-order chi connectivity index (χ1) is 9.65. The van der Waals surface area contributed by atoms with Crippen molar-refractivity contribution in [3.05, 3.63) is 29.8 Å². The second-order valence-electron chi connectivity index (χ2n) is 4.11. The van der Waals surface area contributed by atoms with Gasteiger partial charge in [-0.3, -0.25) is 4.57 Å². The van der Waals surface area contributed by atoms with Crippen LogP contribution in [-0.4, -0.2) is 26.0 Å². The van der Waals surface area contributed by atoms with Crippen LogP contribution >= 0.6 is 23.5 Å². The number of hydrogen-bond acceptors (Lipinski definition) is 4. The van der Waals surface area contributed by atoms with Gasteiger partial charge in [-0.1, -0.05) is 34.1 Å². The summed E-state index contributed by atoms with van der Waals surface area (Å²) in [5.74, 6) is 0.854. The molecular weight excluding hydrogens is 343 g/mol. The van der Waals surface area contributed by atoms with E-state index in [9.17, 15) is 4.57 Å². The number of alkyl halides is 1. The predicted octanol–water partition coefficient (Wildman–Crippen LogP) is 4.62. The lowest BCUT2D eigenvalue weighted by Gasteiger charge is -2.17. The van der Waals surface area contributed by atoms with Gasteiger partial charge < -0.3 is 13.8 Å². The van der Waals surface area contributed by atoms with Gasteiger partial charge >= 0.3 is 7.60 Å². The first-order valence-corrected chi connectivity index (χ1v) is 9.65. The number of benzene rings is 1. The van der Waals surface area contributed by atoms with E-state index in [1.54, 1.807) is 0 Å². The van der Waals surface area contributed by atoms with Crippen molar-refractivity contribution in [3.63, 3.8) is 0 Å². The molecule has 0 unspecified atom stereocenters. The highest BCUT2D eigenvalue weighted by Gasteiger charge is 2.22. The molecule has 20 heavy (non-hydrogen) atoms. The molecule has 0 aliphatic heterocycles. The van der Waals surface area contributed by atoms with Crippen LogP contribution in [0.2, 0.25) is 0 Å². The number of ether oxygens (including phenoxy) is 1. The molecule has 0 heterocycles. The zero-order chi connectivity index (χ0) is 14.8. The van der Waals surface area contributed by atoms with Crippen LogP contribution in [0, 0.1) is 0 Å². The summed E-state index contributed by atoms with van der Waals surface area (Å²) in [6.07, 6.45) is 1.01. The van der Waals surface area contributed by atoms with Crippen molar-refractivity contribution in [2.24, 2.45) is 0 Å². The molecule has 0 saturated heterocycles. The van der Waals surface area contributed by atoms with Crippen molar-refractivity contribution in [1.82, 2.24) is 0 Å². The molecule has 0 N–H and O–H groups in total. The SMILES string of the molecule is CCOP(=O)(CCCOc1ccccc1CBr)OCC. The second-order valence-corrected chi connectivity index (χ2v) is 6.86. The van der Waals surface area contributed by atoms with Gasteiger partial charge in [-0.2, -0.15) is 0 Å². The quantitative estimate of drug-likeness (QED) is 0.345. The van der Waals surface area contributed by atoms with Gasteiger partial charge in [-0.15, -0.1) is 0 Å². The van der Waals surface area contributed by atoms with Crippen LogP contribution in [0.3, 0.4) is 0 Å². The molecule has 0 aliphatic rings. The summed E-state index contributed by atoms with van der Waals surface area (Å²) < 4.78 is 28.4. The van der Waals surface area contributed by atoms with E-state index in [1.807, 2.05) is 38.1 Å². The van der Waals surface area contributed by atoms with Gasteiger partial charge in [0, 0.05) is 10.9 Å². The molecule has 1 rings (SSSR count). The summed E-state index contributed by atoms with van der Waals surface area (Å²) >= 11 is 3.43. The summed E-state index contributed by atoms with van der Waals surface area (Å²) in [5, 5.41) is 0.750. The van der Waals surface area contributed by atoms with Crippen molar-refractivity contribution >= 4 is 23.5 Å². The van der Waals surface area contributed by atoms with Gasteiger partial charge in [-0.25, -0.2) is 0 Å². The van der Waals surface area contributed by atoms with E-state index in [4.69, 9.17) is 13.8 Å². The lowest BCUT2D eigenvalue weighted by atomic mass is 10.2. The first kappa shape index (κ1) is 17.7. The van der Waals surface area contributed by atoms with Gasteiger partial charge in [0.25, 0.3) is 0 Å². The fourth-order valence-electron chi connectivity index (χ4n) is 1.76. The Bertz CT molecular complexity index is 429. The Morgan fingerprint density at radius 2 is 1.80 bits per heavy atom. The molecule has 0 spiro atoms. The third kappa shape index (κ3) is 5.96. The summed E-state index contributed by atoms with van der Waals surface area (Å²) in [4.78, 5) is 0. The maximum absolute atomic E-state index is 12.2.